The second-order valence-electron chi connectivity index (χ2n) is 8.37. The van der Waals surface area contributed by atoms with Gasteiger partial charge < -0.3 is 20.1 Å². The van der Waals surface area contributed by atoms with E-state index in [1.165, 1.54) is 0 Å². The Morgan fingerprint density at radius 1 is 1.09 bits per heavy atom. The van der Waals surface area contributed by atoms with E-state index in [1.54, 1.807) is 36.2 Å². The molecule has 8 nitrogen and oxygen atoms in total. The fourth-order valence-corrected chi connectivity index (χ4v) is 3.84. The molecule has 0 unspecified atom stereocenters. The lowest BCUT2D eigenvalue weighted by molar-refractivity contribution is -0.119. The predicted molar refractivity (Wildman–Crippen MR) is 126 cm³/mol. The Kier molecular flexibility index (Phi) is 6.71. The SMILES string of the molecule is CN1CCN(CC(=O)N(C)c2ccc(NC(=O)c3c[nH]c4c(F)cc(F)cc4c3=O)cc2)CC1. The molecule has 10 heteroatoms. The lowest BCUT2D eigenvalue weighted by Crippen LogP contribution is -2.48. The molecule has 0 bridgehead atoms. The number of carbonyl (C=O) groups excluding carboxylic acids is 2. The van der Waals surface area contributed by atoms with Crippen molar-refractivity contribution in [3.05, 3.63) is 70.0 Å². The zero-order chi connectivity index (χ0) is 24.4. The lowest BCUT2D eigenvalue weighted by Gasteiger charge is -2.32. The van der Waals surface area contributed by atoms with Crippen LogP contribution in [0.2, 0.25) is 0 Å². The van der Waals surface area contributed by atoms with Gasteiger partial charge in [-0.3, -0.25) is 19.3 Å². The van der Waals surface area contributed by atoms with Crippen LogP contribution in [-0.2, 0) is 4.79 Å². The summed E-state index contributed by atoms with van der Waals surface area (Å²) in [5.41, 5.74) is -0.168. The molecule has 1 aliphatic heterocycles. The molecular weight excluding hydrogens is 444 g/mol. The number of aromatic amines is 1. The number of rotatable bonds is 5. The normalized spacial score (nSPS) is 14.8. The molecule has 2 heterocycles. The Balaban J connectivity index is 1.43. The zero-order valence-electron chi connectivity index (χ0n) is 18.9. The molecular formula is C24H25F2N5O3. The van der Waals surface area contributed by atoms with Crippen LogP contribution in [-0.4, -0.2) is 73.4 Å². The van der Waals surface area contributed by atoms with E-state index in [0.717, 1.165) is 38.4 Å². The number of pyridine rings is 1. The number of likely N-dealkylation sites (N-methyl/N-ethyl adjacent to an activating group) is 2. The quantitative estimate of drug-likeness (QED) is 0.599. The maximum atomic E-state index is 13.9. The van der Waals surface area contributed by atoms with Gasteiger partial charge in [0.2, 0.25) is 11.3 Å². The Morgan fingerprint density at radius 2 is 1.76 bits per heavy atom. The van der Waals surface area contributed by atoms with E-state index in [4.69, 9.17) is 0 Å². The van der Waals surface area contributed by atoms with Gasteiger partial charge in [0.25, 0.3) is 5.91 Å². The first-order valence-corrected chi connectivity index (χ1v) is 10.8. The molecule has 0 spiro atoms. The van der Waals surface area contributed by atoms with Crippen LogP contribution >= 0.6 is 0 Å². The first-order chi connectivity index (χ1) is 16.2. The first-order valence-electron chi connectivity index (χ1n) is 10.8. The van der Waals surface area contributed by atoms with Gasteiger partial charge >= 0.3 is 0 Å². The van der Waals surface area contributed by atoms with Crippen molar-refractivity contribution in [2.45, 2.75) is 0 Å². The minimum absolute atomic E-state index is 0.0384. The van der Waals surface area contributed by atoms with Crippen LogP contribution in [0.4, 0.5) is 20.2 Å². The summed E-state index contributed by atoms with van der Waals surface area (Å²) in [6.45, 7) is 3.86. The lowest BCUT2D eigenvalue weighted by atomic mass is 10.1. The third-order valence-corrected chi connectivity index (χ3v) is 5.99. The standard InChI is InChI=1S/C24H25F2N5O3/c1-29-7-9-31(10-8-29)14-21(32)30(2)17-5-3-16(4-6-17)28-24(34)19-13-27-22-18(23(19)33)11-15(25)12-20(22)26/h3-6,11-13H,7-10,14H2,1-2H3,(H,27,33)(H,28,34). The number of piperazine rings is 1. The molecule has 4 rings (SSSR count). The van der Waals surface area contributed by atoms with Gasteiger partial charge in [-0.05, 0) is 37.4 Å². The van der Waals surface area contributed by atoms with Gasteiger partial charge in [0.15, 0.2) is 0 Å². The summed E-state index contributed by atoms with van der Waals surface area (Å²) in [4.78, 5) is 46.3. The summed E-state index contributed by atoms with van der Waals surface area (Å²) in [6.07, 6.45) is 1.10. The molecule has 0 saturated carbocycles. The molecule has 1 fully saturated rings. The van der Waals surface area contributed by atoms with Crippen molar-refractivity contribution in [3.63, 3.8) is 0 Å². The number of aromatic nitrogens is 1. The van der Waals surface area contributed by atoms with Gasteiger partial charge in [0.05, 0.1) is 17.4 Å². The Bertz CT molecular complexity index is 1280. The number of nitrogens with zero attached hydrogens (tertiary/aromatic N) is 3. The van der Waals surface area contributed by atoms with Crippen LogP contribution < -0.4 is 15.6 Å². The van der Waals surface area contributed by atoms with Crippen molar-refractivity contribution >= 4 is 34.1 Å². The van der Waals surface area contributed by atoms with E-state index < -0.39 is 23.0 Å². The highest BCUT2D eigenvalue weighted by molar-refractivity contribution is 6.05. The molecule has 0 aliphatic carbocycles. The number of fused-ring (bicyclic) bond motifs is 1. The first kappa shape index (κ1) is 23.5. The molecule has 1 saturated heterocycles. The summed E-state index contributed by atoms with van der Waals surface area (Å²) in [6, 6.07) is 8.15. The molecule has 1 aliphatic rings. The van der Waals surface area contributed by atoms with Crippen molar-refractivity contribution in [1.82, 2.24) is 14.8 Å². The second-order valence-corrected chi connectivity index (χ2v) is 8.37. The molecule has 2 aromatic carbocycles. The van der Waals surface area contributed by atoms with Crippen LogP contribution in [0.25, 0.3) is 10.9 Å². The van der Waals surface area contributed by atoms with Crippen LogP contribution in [0.3, 0.4) is 0 Å². The number of halogens is 2. The van der Waals surface area contributed by atoms with Crippen molar-refractivity contribution in [2.24, 2.45) is 0 Å². The highest BCUT2D eigenvalue weighted by Crippen LogP contribution is 2.19. The highest BCUT2D eigenvalue weighted by Gasteiger charge is 2.20. The van der Waals surface area contributed by atoms with Crippen molar-refractivity contribution < 1.29 is 18.4 Å². The molecule has 0 atom stereocenters. The van der Waals surface area contributed by atoms with E-state index in [9.17, 15) is 23.2 Å². The Labute approximate surface area is 194 Å². The molecule has 0 radical (unpaired) electrons. The van der Waals surface area contributed by atoms with E-state index in [-0.39, 0.29) is 22.4 Å². The van der Waals surface area contributed by atoms with Crippen LogP contribution in [0, 0.1) is 11.6 Å². The molecule has 34 heavy (non-hydrogen) atoms. The van der Waals surface area contributed by atoms with E-state index in [0.29, 0.717) is 24.0 Å². The van der Waals surface area contributed by atoms with E-state index in [1.807, 2.05) is 0 Å². The minimum Gasteiger partial charge on any atom is -0.358 e. The van der Waals surface area contributed by atoms with Crippen LogP contribution in [0.5, 0.6) is 0 Å². The van der Waals surface area contributed by atoms with Gasteiger partial charge in [-0.2, -0.15) is 0 Å². The number of carbonyl (C=O) groups is 2. The zero-order valence-corrected chi connectivity index (χ0v) is 18.9. The van der Waals surface area contributed by atoms with Crippen molar-refractivity contribution in [1.29, 1.82) is 0 Å². The third-order valence-electron chi connectivity index (χ3n) is 5.99. The summed E-state index contributed by atoms with van der Waals surface area (Å²) < 4.78 is 27.4. The number of H-pyrrole nitrogens is 1. The Hall–Kier alpha value is -3.63. The van der Waals surface area contributed by atoms with Crippen molar-refractivity contribution in [3.8, 4) is 0 Å². The number of hydrogen-bond acceptors (Lipinski definition) is 5. The monoisotopic (exact) mass is 469 g/mol. The number of hydrogen-bond donors (Lipinski definition) is 2. The van der Waals surface area contributed by atoms with Gasteiger partial charge in [-0.1, -0.05) is 0 Å². The summed E-state index contributed by atoms with van der Waals surface area (Å²) in [5.74, 6) is -2.58. The van der Waals surface area contributed by atoms with Gasteiger partial charge in [-0.15, -0.1) is 0 Å². The average Bonchev–Trinajstić information content (AvgIpc) is 2.81. The minimum atomic E-state index is -0.916. The largest absolute Gasteiger partial charge is 0.358 e. The summed E-state index contributed by atoms with van der Waals surface area (Å²) in [7, 11) is 3.75. The highest BCUT2D eigenvalue weighted by atomic mass is 19.1. The average molecular weight is 469 g/mol. The predicted octanol–water partition coefficient (Wildman–Crippen LogP) is 2.27. The third kappa shape index (κ3) is 4.97. The molecule has 2 amide bonds. The fourth-order valence-electron chi connectivity index (χ4n) is 3.84. The summed E-state index contributed by atoms with van der Waals surface area (Å²) >= 11 is 0. The number of nitrogens with one attached hydrogen (secondary N) is 2. The second kappa shape index (κ2) is 9.70. The van der Waals surface area contributed by atoms with Crippen molar-refractivity contribution in [2.75, 3.05) is 57.0 Å². The van der Waals surface area contributed by atoms with Crippen LogP contribution in [0.15, 0.2) is 47.4 Å². The fraction of sp³-hybridized carbons (Fsp3) is 0.292. The smallest absolute Gasteiger partial charge is 0.261 e. The molecule has 178 valence electrons. The van der Waals surface area contributed by atoms with Gasteiger partial charge in [-0.25, -0.2) is 8.78 Å². The van der Waals surface area contributed by atoms with Gasteiger partial charge in [0.1, 0.15) is 17.2 Å². The Morgan fingerprint density at radius 3 is 2.44 bits per heavy atom. The number of amides is 2. The maximum absolute atomic E-state index is 13.9. The molecule has 3 aromatic rings. The maximum Gasteiger partial charge on any atom is 0.261 e. The number of anilines is 2. The topological polar surface area (TPSA) is 88.8 Å². The molecule has 2 N–H and O–H groups in total. The molecule has 1 aromatic heterocycles. The summed E-state index contributed by atoms with van der Waals surface area (Å²) in [5, 5.41) is 2.35. The van der Waals surface area contributed by atoms with E-state index >= 15 is 0 Å². The van der Waals surface area contributed by atoms with E-state index in [2.05, 4.69) is 27.1 Å². The number of benzene rings is 2. The van der Waals surface area contributed by atoms with Crippen LogP contribution in [0.1, 0.15) is 10.4 Å². The van der Waals surface area contributed by atoms with Gasteiger partial charge in [0, 0.05) is 56.9 Å².